The van der Waals surface area contributed by atoms with Gasteiger partial charge in [0, 0.05) is 35.3 Å². The Morgan fingerprint density at radius 1 is 1.03 bits per heavy atom. The number of anilines is 1. The van der Waals surface area contributed by atoms with Gasteiger partial charge in [-0.1, -0.05) is 50.1 Å². The van der Waals surface area contributed by atoms with Gasteiger partial charge in [0.2, 0.25) is 11.8 Å². The van der Waals surface area contributed by atoms with E-state index in [2.05, 4.69) is 10.6 Å². The third kappa shape index (κ3) is 6.10. The molecule has 1 fully saturated rings. The van der Waals surface area contributed by atoms with E-state index in [-0.39, 0.29) is 29.6 Å². The molecule has 0 bridgehead atoms. The molecule has 2 aromatic carbocycles. The minimum atomic E-state index is -0.613. The molecule has 2 atom stereocenters. The zero-order valence-electron chi connectivity index (χ0n) is 18.5. The van der Waals surface area contributed by atoms with Crippen molar-refractivity contribution in [3.8, 4) is 0 Å². The molecule has 7 heteroatoms. The van der Waals surface area contributed by atoms with Gasteiger partial charge >= 0.3 is 0 Å². The fourth-order valence-electron chi connectivity index (χ4n) is 3.83. The summed E-state index contributed by atoms with van der Waals surface area (Å²) in [5, 5.41) is 6.41. The van der Waals surface area contributed by atoms with Crippen LogP contribution in [0.25, 0.3) is 0 Å². The third-order valence-electron chi connectivity index (χ3n) is 6.09. The van der Waals surface area contributed by atoms with Crippen LogP contribution in [0.15, 0.2) is 54.6 Å². The average molecular weight is 456 g/mol. The smallest absolute Gasteiger partial charge is 0.251 e. The van der Waals surface area contributed by atoms with Crippen molar-refractivity contribution in [2.75, 3.05) is 18.4 Å². The molecule has 2 N–H and O–H groups in total. The van der Waals surface area contributed by atoms with Crippen LogP contribution < -0.4 is 10.6 Å². The minimum Gasteiger partial charge on any atom is -0.341 e. The Labute approximate surface area is 194 Å². The standard InChI is InChI=1S/C25H30ClN3O3/c1-3-17(2)22(28-24(31)18-9-11-20(26)12-10-18)25(32)29-15-13-19(14-16-29)23(30)27-21-7-5-4-6-8-21/h4-12,17,19,22H,3,13-16H2,1-2H3,(H,27,30)(H,28,31). The van der Waals surface area contributed by atoms with Crippen molar-refractivity contribution in [2.24, 2.45) is 11.8 Å². The first-order valence-corrected chi connectivity index (χ1v) is 11.5. The summed E-state index contributed by atoms with van der Waals surface area (Å²) in [5.41, 5.74) is 1.24. The van der Waals surface area contributed by atoms with Crippen LogP contribution in [0.2, 0.25) is 5.02 Å². The van der Waals surface area contributed by atoms with E-state index in [1.165, 1.54) is 0 Å². The zero-order chi connectivity index (χ0) is 23.1. The number of rotatable bonds is 7. The summed E-state index contributed by atoms with van der Waals surface area (Å²) in [7, 11) is 0. The van der Waals surface area contributed by atoms with Crippen molar-refractivity contribution >= 4 is 35.0 Å². The summed E-state index contributed by atoms with van der Waals surface area (Å²) >= 11 is 5.91. The SMILES string of the molecule is CCC(C)C(NC(=O)c1ccc(Cl)cc1)C(=O)N1CCC(C(=O)Nc2ccccc2)CC1. The fraction of sp³-hybridized carbons (Fsp3) is 0.400. The number of hydrogen-bond donors (Lipinski definition) is 2. The first-order valence-electron chi connectivity index (χ1n) is 11.1. The van der Waals surface area contributed by atoms with Crippen molar-refractivity contribution in [3.05, 3.63) is 65.2 Å². The normalized spacial score (nSPS) is 16.2. The fourth-order valence-corrected chi connectivity index (χ4v) is 3.96. The van der Waals surface area contributed by atoms with Gasteiger partial charge in [-0.2, -0.15) is 0 Å². The molecule has 32 heavy (non-hydrogen) atoms. The number of halogens is 1. The molecular formula is C25H30ClN3O3. The highest BCUT2D eigenvalue weighted by Crippen LogP contribution is 2.22. The maximum absolute atomic E-state index is 13.3. The summed E-state index contributed by atoms with van der Waals surface area (Å²) in [6, 6.07) is 15.4. The molecule has 1 aliphatic heterocycles. The number of piperidine rings is 1. The van der Waals surface area contributed by atoms with Gasteiger partial charge in [-0.15, -0.1) is 0 Å². The highest BCUT2D eigenvalue weighted by atomic mass is 35.5. The second kappa shape index (κ2) is 11.1. The van der Waals surface area contributed by atoms with Gasteiger partial charge in [0.1, 0.15) is 6.04 Å². The molecule has 3 rings (SSSR count). The van der Waals surface area contributed by atoms with Crippen LogP contribution in [0.3, 0.4) is 0 Å². The lowest BCUT2D eigenvalue weighted by molar-refractivity contribution is -0.137. The van der Waals surface area contributed by atoms with Crippen LogP contribution in [0.5, 0.6) is 0 Å². The number of likely N-dealkylation sites (tertiary alicyclic amines) is 1. The third-order valence-corrected chi connectivity index (χ3v) is 6.34. The molecule has 3 amide bonds. The van der Waals surface area contributed by atoms with E-state index in [0.29, 0.717) is 36.5 Å². The molecule has 0 aromatic heterocycles. The van der Waals surface area contributed by atoms with Gasteiger partial charge in [0.25, 0.3) is 5.91 Å². The van der Waals surface area contributed by atoms with Crippen LogP contribution in [0.1, 0.15) is 43.5 Å². The molecule has 2 unspecified atom stereocenters. The number of hydrogen-bond acceptors (Lipinski definition) is 3. The Hall–Kier alpha value is -2.86. The van der Waals surface area contributed by atoms with Crippen LogP contribution >= 0.6 is 11.6 Å². The van der Waals surface area contributed by atoms with E-state index in [4.69, 9.17) is 11.6 Å². The predicted octanol–water partition coefficient (Wildman–Crippen LogP) is 4.36. The molecular weight excluding hydrogens is 426 g/mol. The van der Waals surface area contributed by atoms with E-state index in [1.54, 1.807) is 29.2 Å². The Balaban J connectivity index is 1.59. The number of nitrogens with zero attached hydrogens (tertiary/aromatic N) is 1. The lowest BCUT2D eigenvalue weighted by atomic mass is 9.93. The highest BCUT2D eigenvalue weighted by molar-refractivity contribution is 6.30. The Bertz CT molecular complexity index is 925. The van der Waals surface area contributed by atoms with Crippen molar-refractivity contribution in [1.82, 2.24) is 10.2 Å². The maximum Gasteiger partial charge on any atom is 0.251 e. The van der Waals surface area contributed by atoms with Crippen molar-refractivity contribution in [3.63, 3.8) is 0 Å². The van der Waals surface area contributed by atoms with Crippen molar-refractivity contribution in [2.45, 2.75) is 39.2 Å². The van der Waals surface area contributed by atoms with Crippen LogP contribution in [-0.4, -0.2) is 41.8 Å². The van der Waals surface area contributed by atoms with Gasteiger partial charge in [0.05, 0.1) is 0 Å². The summed E-state index contributed by atoms with van der Waals surface area (Å²) in [4.78, 5) is 40.3. The van der Waals surface area contributed by atoms with E-state index in [1.807, 2.05) is 44.2 Å². The molecule has 2 aromatic rings. The van der Waals surface area contributed by atoms with Crippen molar-refractivity contribution in [1.29, 1.82) is 0 Å². The van der Waals surface area contributed by atoms with Crippen LogP contribution in [0, 0.1) is 11.8 Å². The Morgan fingerprint density at radius 2 is 1.66 bits per heavy atom. The quantitative estimate of drug-likeness (QED) is 0.651. The van der Waals surface area contributed by atoms with Crippen LogP contribution in [0.4, 0.5) is 5.69 Å². The molecule has 0 saturated carbocycles. The lowest BCUT2D eigenvalue weighted by Gasteiger charge is -2.35. The molecule has 6 nitrogen and oxygen atoms in total. The highest BCUT2D eigenvalue weighted by Gasteiger charge is 2.34. The summed E-state index contributed by atoms with van der Waals surface area (Å²) < 4.78 is 0. The first kappa shape index (κ1) is 23.8. The first-order chi connectivity index (χ1) is 15.4. The van der Waals surface area contributed by atoms with Gasteiger partial charge < -0.3 is 15.5 Å². The van der Waals surface area contributed by atoms with E-state index < -0.39 is 6.04 Å². The van der Waals surface area contributed by atoms with E-state index >= 15 is 0 Å². The molecule has 1 heterocycles. The van der Waals surface area contributed by atoms with Gasteiger partial charge in [0.15, 0.2) is 0 Å². The summed E-state index contributed by atoms with van der Waals surface area (Å²) in [6.07, 6.45) is 1.96. The van der Waals surface area contributed by atoms with Gasteiger partial charge in [-0.05, 0) is 55.2 Å². The number of carbonyl (C=O) groups is 3. The van der Waals surface area contributed by atoms with Crippen LogP contribution in [-0.2, 0) is 9.59 Å². The van der Waals surface area contributed by atoms with Gasteiger partial charge in [-0.3, -0.25) is 14.4 Å². The molecule has 0 radical (unpaired) electrons. The maximum atomic E-state index is 13.3. The second-order valence-electron chi connectivity index (χ2n) is 8.30. The molecule has 0 spiro atoms. The number of carbonyl (C=O) groups excluding carboxylic acids is 3. The Kier molecular flexibility index (Phi) is 8.28. The molecule has 170 valence electrons. The monoisotopic (exact) mass is 455 g/mol. The molecule has 1 saturated heterocycles. The number of benzene rings is 2. The van der Waals surface area contributed by atoms with E-state index in [9.17, 15) is 14.4 Å². The second-order valence-corrected chi connectivity index (χ2v) is 8.73. The average Bonchev–Trinajstić information content (AvgIpc) is 2.82. The molecule has 1 aliphatic rings. The number of para-hydroxylation sites is 1. The number of nitrogens with one attached hydrogen (secondary N) is 2. The predicted molar refractivity (Wildman–Crippen MR) is 127 cm³/mol. The van der Waals surface area contributed by atoms with E-state index in [0.717, 1.165) is 12.1 Å². The Morgan fingerprint density at radius 3 is 2.25 bits per heavy atom. The largest absolute Gasteiger partial charge is 0.341 e. The topological polar surface area (TPSA) is 78.5 Å². The van der Waals surface area contributed by atoms with Crippen molar-refractivity contribution < 1.29 is 14.4 Å². The zero-order valence-corrected chi connectivity index (χ0v) is 19.3. The number of amides is 3. The molecule has 0 aliphatic carbocycles. The lowest BCUT2D eigenvalue weighted by Crippen LogP contribution is -2.53. The minimum absolute atomic E-state index is 0.0159. The summed E-state index contributed by atoms with van der Waals surface area (Å²) in [5.74, 6) is -0.554. The van der Waals surface area contributed by atoms with Gasteiger partial charge in [-0.25, -0.2) is 0 Å². The summed E-state index contributed by atoms with van der Waals surface area (Å²) in [6.45, 7) is 4.95.